The number of thioether (sulfide) groups is 1. The molecule has 0 aliphatic carbocycles. The molecule has 25 heavy (non-hydrogen) atoms. The highest BCUT2D eigenvalue weighted by Gasteiger charge is 2.36. The Labute approximate surface area is 149 Å². The molecule has 132 valence electrons. The molecule has 0 amide bonds. The molecule has 3 heterocycles. The molecule has 0 spiro atoms. The van der Waals surface area contributed by atoms with E-state index in [-0.39, 0.29) is 21.2 Å². The molecule has 0 bridgehead atoms. The third-order valence-electron chi connectivity index (χ3n) is 3.30. The first kappa shape index (κ1) is 17.5. The normalized spacial score (nSPS) is 20.9. The van der Waals surface area contributed by atoms with Crippen LogP contribution in [0.25, 0.3) is 10.3 Å². The lowest BCUT2D eigenvalue weighted by Gasteiger charge is -2.18. The summed E-state index contributed by atoms with van der Waals surface area (Å²) < 4.78 is 12.5. The molecule has 2 aromatic rings. The van der Waals surface area contributed by atoms with Gasteiger partial charge in [0, 0.05) is 12.7 Å². The Bertz CT molecular complexity index is 999. The number of hydrogen-bond donors (Lipinski definition) is 2. The SMILES string of the molecule is CC#CC(OC(C)=O)[C@H]1O[C@@H](n2c(=O)sc3c(=O)[nH]c(N)nc32)CS1. The molecule has 1 aliphatic heterocycles. The molecular weight excluding hydrogens is 368 g/mol. The lowest BCUT2D eigenvalue weighted by Crippen LogP contribution is -2.29. The minimum atomic E-state index is -0.750. The Balaban J connectivity index is 1.94. The molecular formula is C14H14N4O5S2. The van der Waals surface area contributed by atoms with Crippen LogP contribution in [0.2, 0.25) is 0 Å². The summed E-state index contributed by atoms with van der Waals surface area (Å²) in [6.45, 7) is 2.92. The molecule has 9 nitrogen and oxygen atoms in total. The second-order valence-electron chi connectivity index (χ2n) is 5.06. The van der Waals surface area contributed by atoms with Gasteiger partial charge in [-0.25, -0.2) is 0 Å². The first-order chi connectivity index (χ1) is 11.9. The van der Waals surface area contributed by atoms with Crippen molar-refractivity contribution in [2.45, 2.75) is 31.6 Å². The number of fused-ring (bicyclic) bond motifs is 1. The quantitative estimate of drug-likeness (QED) is 0.572. The maximum Gasteiger partial charge on any atom is 0.311 e. The third kappa shape index (κ3) is 3.41. The van der Waals surface area contributed by atoms with E-state index in [1.807, 2.05) is 0 Å². The van der Waals surface area contributed by atoms with Gasteiger partial charge in [-0.1, -0.05) is 17.3 Å². The van der Waals surface area contributed by atoms with E-state index in [0.29, 0.717) is 5.75 Å². The third-order valence-corrected chi connectivity index (χ3v) is 5.41. The van der Waals surface area contributed by atoms with Gasteiger partial charge in [-0.15, -0.1) is 17.7 Å². The van der Waals surface area contributed by atoms with E-state index in [4.69, 9.17) is 15.2 Å². The Kier molecular flexibility index (Phi) is 4.85. The van der Waals surface area contributed by atoms with Crippen LogP contribution < -0.4 is 16.2 Å². The first-order valence-corrected chi connectivity index (χ1v) is 9.04. The Morgan fingerprint density at radius 1 is 1.56 bits per heavy atom. The topological polar surface area (TPSA) is 129 Å². The molecule has 11 heteroatoms. The van der Waals surface area contributed by atoms with Gasteiger partial charge in [0.2, 0.25) is 5.95 Å². The Morgan fingerprint density at radius 2 is 2.32 bits per heavy atom. The lowest BCUT2D eigenvalue weighted by atomic mass is 10.3. The number of nitrogens with two attached hydrogens (primary N) is 1. The van der Waals surface area contributed by atoms with Crippen molar-refractivity contribution < 1.29 is 14.3 Å². The van der Waals surface area contributed by atoms with Crippen LogP contribution in [-0.4, -0.2) is 37.8 Å². The summed E-state index contributed by atoms with van der Waals surface area (Å²) in [7, 11) is 0. The predicted octanol–water partition coefficient (Wildman–Crippen LogP) is 0.272. The number of nitrogens with zero attached hydrogens (tertiary/aromatic N) is 2. The van der Waals surface area contributed by atoms with Gasteiger partial charge in [-0.2, -0.15) is 4.98 Å². The van der Waals surface area contributed by atoms with Gasteiger partial charge in [0.25, 0.3) is 5.56 Å². The summed E-state index contributed by atoms with van der Waals surface area (Å²) in [5.74, 6) is 5.33. The molecule has 1 unspecified atom stereocenters. The number of aromatic nitrogens is 3. The molecule has 0 saturated carbocycles. The van der Waals surface area contributed by atoms with Gasteiger partial charge < -0.3 is 15.2 Å². The van der Waals surface area contributed by atoms with Crippen LogP contribution in [0.4, 0.5) is 5.95 Å². The molecule has 1 aliphatic rings. The Morgan fingerprint density at radius 3 is 3.00 bits per heavy atom. The van der Waals surface area contributed by atoms with E-state index in [1.54, 1.807) is 6.92 Å². The fraction of sp³-hybridized carbons (Fsp3) is 0.429. The molecule has 3 atom stereocenters. The number of ether oxygens (including phenoxy) is 2. The number of aromatic amines is 1. The second-order valence-corrected chi connectivity index (χ2v) is 7.15. The van der Waals surface area contributed by atoms with E-state index in [9.17, 15) is 14.4 Å². The summed E-state index contributed by atoms with van der Waals surface area (Å²) in [4.78, 5) is 41.5. The van der Waals surface area contributed by atoms with Crippen molar-refractivity contribution in [3.8, 4) is 11.8 Å². The number of H-pyrrole nitrogens is 1. The van der Waals surface area contributed by atoms with Crippen LogP contribution in [0.3, 0.4) is 0 Å². The van der Waals surface area contributed by atoms with Crippen molar-refractivity contribution in [2.24, 2.45) is 0 Å². The van der Waals surface area contributed by atoms with Crippen molar-refractivity contribution in [2.75, 3.05) is 11.5 Å². The number of carbonyl (C=O) groups is 1. The van der Waals surface area contributed by atoms with Crippen molar-refractivity contribution >= 4 is 45.4 Å². The number of anilines is 1. The van der Waals surface area contributed by atoms with Gasteiger partial charge in [-0.3, -0.25) is 23.9 Å². The van der Waals surface area contributed by atoms with Crippen molar-refractivity contribution in [3.63, 3.8) is 0 Å². The number of thiazole rings is 1. The lowest BCUT2D eigenvalue weighted by molar-refractivity contribution is -0.148. The van der Waals surface area contributed by atoms with Crippen molar-refractivity contribution in [1.82, 2.24) is 14.5 Å². The summed E-state index contributed by atoms with van der Waals surface area (Å²) in [6, 6.07) is 0. The Hall–Kier alpha value is -2.29. The van der Waals surface area contributed by atoms with E-state index >= 15 is 0 Å². The van der Waals surface area contributed by atoms with Gasteiger partial charge in [0.1, 0.15) is 4.70 Å². The number of esters is 1. The van der Waals surface area contributed by atoms with Crippen LogP contribution in [0.15, 0.2) is 9.59 Å². The molecule has 0 radical (unpaired) electrons. The minimum Gasteiger partial charge on any atom is -0.446 e. The molecule has 1 saturated heterocycles. The van der Waals surface area contributed by atoms with E-state index in [2.05, 4.69) is 21.8 Å². The number of rotatable bonds is 3. The number of carbonyl (C=O) groups excluding carboxylic acids is 1. The second kappa shape index (κ2) is 6.91. The van der Waals surface area contributed by atoms with Crippen LogP contribution in [0.1, 0.15) is 20.1 Å². The van der Waals surface area contributed by atoms with Gasteiger partial charge >= 0.3 is 10.8 Å². The zero-order chi connectivity index (χ0) is 18.1. The van der Waals surface area contributed by atoms with E-state index in [1.165, 1.54) is 23.3 Å². The van der Waals surface area contributed by atoms with Crippen molar-refractivity contribution in [1.29, 1.82) is 0 Å². The minimum absolute atomic E-state index is 0.0825. The van der Waals surface area contributed by atoms with Gasteiger partial charge in [-0.05, 0) is 6.92 Å². The highest BCUT2D eigenvalue weighted by Crippen LogP contribution is 2.35. The van der Waals surface area contributed by atoms with Crippen molar-refractivity contribution in [3.05, 3.63) is 20.0 Å². The first-order valence-electron chi connectivity index (χ1n) is 7.18. The van der Waals surface area contributed by atoms with E-state index < -0.39 is 29.3 Å². The largest absolute Gasteiger partial charge is 0.446 e. The maximum absolute atomic E-state index is 12.3. The number of nitrogens with one attached hydrogen (secondary N) is 1. The molecule has 0 aromatic carbocycles. The average Bonchev–Trinajstić information content (AvgIpc) is 3.10. The monoisotopic (exact) mass is 382 g/mol. The maximum atomic E-state index is 12.3. The number of hydrogen-bond acceptors (Lipinski definition) is 9. The standard InChI is InChI=1S/C14H14N4O5S2/c1-3-4-7(22-6(2)19)12-23-8(5-24-12)18-10-9(25-14(18)21)11(20)17-13(15)16-10/h7-8,12H,5H2,1-2H3,(H3,15,16,17,20)/t7?,8-,12+/m1/s1. The fourth-order valence-electron chi connectivity index (χ4n) is 2.38. The summed E-state index contributed by atoms with van der Waals surface area (Å²) in [5.41, 5.74) is 4.72. The van der Waals surface area contributed by atoms with Crippen LogP contribution in [0, 0.1) is 11.8 Å². The predicted molar refractivity (Wildman–Crippen MR) is 94.3 cm³/mol. The van der Waals surface area contributed by atoms with Crippen LogP contribution in [-0.2, 0) is 14.3 Å². The molecule has 2 aromatic heterocycles. The highest BCUT2D eigenvalue weighted by atomic mass is 32.2. The van der Waals surface area contributed by atoms with Gasteiger partial charge in [0.05, 0.1) is 0 Å². The molecule has 3 rings (SSSR count). The van der Waals surface area contributed by atoms with Gasteiger partial charge in [0.15, 0.2) is 23.4 Å². The van der Waals surface area contributed by atoms with Crippen LogP contribution in [0.5, 0.6) is 0 Å². The molecule has 1 fully saturated rings. The highest BCUT2D eigenvalue weighted by molar-refractivity contribution is 8.00. The molecule has 3 N–H and O–H groups in total. The van der Waals surface area contributed by atoms with Crippen LogP contribution >= 0.6 is 23.1 Å². The van der Waals surface area contributed by atoms with E-state index in [0.717, 1.165) is 11.3 Å². The zero-order valence-corrected chi connectivity index (χ0v) is 14.9. The number of nitrogen functional groups attached to an aromatic ring is 1. The fourth-order valence-corrected chi connectivity index (χ4v) is 4.32. The zero-order valence-electron chi connectivity index (χ0n) is 13.3. The summed E-state index contributed by atoms with van der Waals surface area (Å²) in [6.07, 6.45) is -1.42. The smallest absolute Gasteiger partial charge is 0.311 e. The summed E-state index contributed by atoms with van der Waals surface area (Å²) >= 11 is 2.14. The average molecular weight is 382 g/mol. The summed E-state index contributed by atoms with van der Waals surface area (Å²) in [5, 5.41) is 0.